The molecule has 1 atom stereocenters. The lowest BCUT2D eigenvalue weighted by Gasteiger charge is -2.10. The highest BCUT2D eigenvalue weighted by molar-refractivity contribution is 5.81. The fourth-order valence-corrected chi connectivity index (χ4v) is 2.78. The van der Waals surface area contributed by atoms with Gasteiger partial charge in [-0.2, -0.15) is 5.10 Å². The predicted octanol–water partition coefficient (Wildman–Crippen LogP) is 3.63. The lowest BCUT2D eigenvalue weighted by Crippen LogP contribution is -1.99. The van der Waals surface area contributed by atoms with Gasteiger partial charge in [-0.15, -0.1) is 0 Å². The molecule has 1 aromatic heterocycles. The third-order valence-electron chi connectivity index (χ3n) is 3.91. The molecule has 3 rings (SSSR count). The minimum absolute atomic E-state index is 0.388. The second kappa shape index (κ2) is 6.10. The van der Waals surface area contributed by atoms with Crippen molar-refractivity contribution in [1.82, 2.24) is 9.78 Å². The molecule has 0 aliphatic carbocycles. The van der Waals surface area contributed by atoms with Crippen molar-refractivity contribution >= 4 is 10.9 Å². The van der Waals surface area contributed by atoms with E-state index < -0.39 is 0 Å². The van der Waals surface area contributed by atoms with Crippen LogP contribution in [0, 0.1) is 0 Å². The lowest BCUT2D eigenvalue weighted by molar-refractivity contribution is 0.164. The number of para-hydroxylation sites is 1. The highest BCUT2D eigenvalue weighted by atomic mass is 16.3. The highest BCUT2D eigenvalue weighted by Crippen LogP contribution is 2.22. The van der Waals surface area contributed by atoms with Crippen molar-refractivity contribution in [3.63, 3.8) is 0 Å². The quantitative estimate of drug-likeness (QED) is 0.775. The summed E-state index contributed by atoms with van der Waals surface area (Å²) in [5.41, 5.74) is 3.27. The zero-order chi connectivity index (χ0) is 14.7. The summed E-state index contributed by atoms with van der Waals surface area (Å²) in [5.74, 6) is 0. The molecule has 3 aromatic rings. The molecule has 2 aromatic carbocycles. The van der Waals surface area contributed by atoms with Gasteiger partial charge in [-0.05, 0) is 30.9 Å². The van der Waals surface area contributed by atoms with E-state index in [1.54, 1.807) is 0 Å². The molecule has 1 heterocycles. The Morgan fingerprint density at radius 2 is 1.76 bits per heavy atom. The molecule has 0 aliphatic rings. The average Bonchev–Trinajstić information content (AvgIpc) is 2.85. The summed E-state index contributed by atoms with van der Waals surface area (Å²) >= 11 is 0. The molecule has 0 amide bonds. The van der Waals surface area contributed by atoms with E-state index >= 15 is 0 Å². The predicted molar refractivity (Wildman–Crippen MR) is 85.1 cm³/mol. The normalized spacial score (nSPS) is 12.7. The van der Waals surface area contributed by atoms with Gasteiger partial charge in [-0.1, -0.05) is 48.5 Å². The van der Waals surface area contributed by atoms with Crippen LogP contribution in [0.4, 0.5) is 0 Å². The maximum Gasteiger partial charge on any atom is 0.0790 e. The molecule has 0 spiro atoms. The molecule has 1 N–H and O–H groups in total. The standard InChI is InChI=1S/C18H20N2O/c1-20-17-12-6-5-10-15(17)16(19-20)11-7-13-18(21)14-8-3-2-4-9-14/h2-6,8-10,12,18,21H,7,11,13H2,1H3. The SMILES string of the molecule is Cn1nc(CCCC(O)c2ccccc2)c2ccccc21. The number of aromatic nitrogens is 2. The fourth-order valence-electron chi connectivity index (χ4n) is 2.78. The molecule has 0 saturated carbocycles. The molecule has 108 valence electrons. The van der Waals surface area contributed by atoms with Gasteiger partial charge >= 0.3 is 0 Å². The van der Waals surface area contributed by atoms with E-state index in [-0.39, 0.29) is 6.10 Å². The third kappa shape index (κ3) is 2.98. The highest BCUT2D eigenvalue weighted by Gasteiger charge is 2.10. The number of aliphatic hydroxyl groups is 1. The van der Waals surface area contributed by atoms with Crippen LogP contribution in [0.3, 0.4) is 0 Å². The largest absolute Gasteiger partial charge is 0.388 e. The van der Waals surface area contributed by atoms with Crippen LogP contribution in [-0.2, 0) is 13.5 Å². The van der Waals surface area contributed by atoms with Gasteiger partial charge in [0.05, 0.1) is 17.3 Å². The van der Waals surface area contributed by atoms with Gasteiger partial charge in [0, 0.05) is 12.4 Å². The van der Waals surface area contributed by atoms with Gasteiger partial charge in [-0.3, -0.25) is 4.68 Å². The summed E-state index contributed by atoms with van der Waals surface area (Å²) in [5, 5.41) is 16.0. The maximum atomic E-state index is 10.2. The molecule has 3 heteroatoms. The number of aryl methyl sites for hydroxylation is 2. The van der Waals surface area contributed by atoms with Crippen molar-refractivity contribution < 1.29 is 5.11 Å². The fraction of sp³-hybridized carbons (Fsp3) is 0.278. The molecule has 0 bridgehead atoms. The summed E-state index contributed by atoms with van der Waals surface area (Å²) in [6, 6.07) is 18.1. The summed E-state index contributed by atoms with van der Waals surface area (Å²) in [6.45, 7) is 0. The molecular weight excluding hydrogens is 260 g/mol. The van der Waals surface area contributed by atoms with Gasteiger partial charge in [0.2, 0.25) is 0 Å². The minimum Gasteiger partial charge on any atom is -0.388 e. The van der Waals surface area contributed by atoms with Crippen LogP contribution in [0.2, 0.25) is 0 Å². The maximum absolute atomic E-state index is 10.2. The van der Waals surface area contributed by atoms with E-state index in [1.807, 2.05) is 54.2 Å². The number of fused-ring (bicyclic) bond motifs is 1. The van der Waals surface area contributed by atoms with Crippen LogP contribution in [0.25, 0.3) is 10.9 Å². The van der Waals surface area contributed by atoms with Gasteiger partial charge in [-0.25, -0.2) is 0 Å². The Hall–Kier alpha value is -2.13. The van der Waals surface area contributed by atoms with E-state index in [1.165, 1.54) is 5.39 Å². The minimum atomic E-state index is -0.388. The molecule has 0 saturated heterocycles. The van der Waals surface area contributed by atoms with E-state index in [2.05, 4.69) is 17.2 Å². The van der Waals surface area contributed by atoms with Gasteiger partial charge in [0.25, 0.3) is 0 Å². The van der Waals surface area contributed by atoms with Crippen molar-refractivity contribution in [2.45, 2.75) is 25.4 Å². The third-order valence-corrected chi connectivity index (χ3v) is 3.91. The Labute approximate surface area is 124 Å². The first-order valence-corrected chi connectivity index (χ1v) is 7.39. The second-order valence-electron chi connectivity index (χ2n) is 5.41. The number of aliphatic hydroxyl groups excluding tert-OH is 1. The van der Waals surface area contributed by atoms with Crippen LogP contribution >= 0.6 is 0 Å². The van der Waals surface area contributed by atoms with Crippen LogP contribution in [-0.4, -0.2) is 14.9 Å². The van der Waals surface area contributed by atoms with E-state index in [0.29, 0.717) is 0 Å². The number of nitrogens with zero attached hydrogens (tertiary/aromatic N) is 2. The zero-order valence-corrected chi connectivity index (χ0v) is 12.2. The van der Waals surface area contributed by atoms with Crippen LogP contribution in [0.1, 0.15) is 30.2 Å². The van der Waals surface area contributed by atoms with E-state index in [4.69, 9.17) is 0 Å². The molecule has 0 aliphatic heterocycles. The Balaban J connectivity index is 1.65. The van der Waals surface area contributed by atoms with Crippen LogP contribution in [0.5, 0.6) is 0 Å². The van der Waals surface area contributed by atoms with Gasteiger partial charge in [0.1, 0.15) is 0 Å². The monoisotopic (exact) mass is 280 g/mol. The number of rotatable bonds is 5. The lowest BCUT2D eigenvalue weighted by atomic mass is 10.0. The molecule has 0 radical (unpaired) electrons. The van der Waals surface area contributed by atoms with E-state index in [0.717, 1.165) is 36.0 Å². The van der Waals surface area contributed by atoms with Crippen molar-refractivity contribution in [3.8, 4) is 0 Å². The van der Waals surface area contributed by atoms with Crippen LogP contribution < -0.4 is 0 Å². The smallest absolute Gasteiger partial charge is 0.0790 e. The first-order valence-electron chi connectivity index (χ1n) is 7.39. The summed E-state index contributed by atoms with van der Waals surface area (Å²) < 4.78 is 1.93. The Bertz CT molecular complexity index is 718. The molecule has 3 nitrogen and oxygen atoms in total. The van der Waals surface area contributed by atoms with Crippen molar-refractivity contribution in [2.75, 3.05) is 0 Å². The number of hydrogen-bond donors (Lipinski definition) is 1. The average molecular weight is 280 g/mol. The summed E-state index contributed by atoms with van der Waals surface area (Å²) in [6.07, 6.45) is 2.19. The first-order chi connectivity index (χ1) is 10.3. The van der Waals surface area contributed by atoms with Crippen molar-refractivity contribution in [1.29, 1.82) is 0 Å². The van der Waals surface area contributed by atoms with Crippen molar-refractivity contribution in [2.24, 2.45) is 7.05 Å². The Morgan fingerprint density at radius 1 is 1.05 bits per heavy atom. The summed E-state index contributed by atoms with van der Waals surface area (Å²) in [4.78, 5) is 0. The number of hydrogen-bond acceptors (Lipinski definition) is 2. The molecular formula is C18H20N2O. The Morgan fingerprint density at radius 3 is 2.57 bits per heavy atom. The molecule has 21 heavy (non-hydrogen) atoms. The van der Waals surface area contributed by atoms with Gasteiger partial charge in [0.15, 0.2) is 0 Å². The van der Waals surface area contributed by atoms with Crippen LogP contribution in [0.15, 0.2) is 54.6 Å². The van der Waals surface area contributed by atoms with Crippen molar-refractivity contribution in [3.05, 3.63) is 65.9 Å². The number of benzene rings is 2. The zero-order valence-electron chi connectivity index (χ0n) is 12.2. The van der Waals surface area contributed by atoms with E-state index in [9.17, 15) is 5.11 Å². The Kier molecular flexibility index (Phi) is 4.02. The van der Waals surface area contributed by atoms with Gasteiger partial charge < -0.3 is 5.11 Å². The molecule has 0 fully saturated rings. The first kappa shape index (κ1) is 13.8. The topological polar surface area (TPSA) is 38.0 Å². The molecule has 1 unspecified atom stereocenters. The second-order valence-corrected chi connectivity index (χ2v) is 5.41. The summed E-state index contributed by atoms with van der Waals surface area (Å²) in [7, 11) is 1.98.